The topological polar surface area (TPSA) is 44.8 Å². The maximum absolute atomic E-state index is 11.8. The zero-order valence-corrected chi connectivity index (χ0v) is 16.0. The molecule has 1 fully saturated rings. The van der Waals surface area contributed by atoms with Gasteiger partial charge in [-0.05, 0) is 61.0 Å². The van der Waals surface area contributed by atoms with Crippen molar-refractivity contribution >= 4 is 29.2 Å². The number of hydrogen-bond donors (Lipinski definition) is 0. The van der Waals surface area contributed by atoms with Crippen LogP contribution < -0.4 is 4.78 Å². The number of thiophene rings is 1. The SMILES string of the molecule is CC(C)(C)OC(=O)CCc1ccc(B2OC(C)(C)C(C)(C)O2)s1. The monoisotopic (exact) mass is 338 g/mol. The van der Waals surface area contributed by atoms with E-state index in [1.54, 1.807) is 11.3 Å². The van der Waals surface area contributed by atoms with Crippen LogP contribution in [-0.2, 0) is 25.3 Å². The minimum absolute atomic E-state index is 0.164. The van der Waals surface area contributed by atoms with Gasteiger partial charge in [0.05, 0.1) is 17.6 Å². The molecule has 0 unspecified atom stereocenters. The van der Waals surface area contributed by atoms with Crippen molar-refractivity contribution < 1.29 is 18.8 Å². The van der Waals surface area contributed by atoms with Crippen molar-refractivity contribution in [1.82, 2.24) is 0 Å². The van der Waals surface area contributed by atoms with Crippen LogP contribution in [0.15, 0.2) is 12.1 Å². The minimum Gasteiger partial charge on any atom is -0.460 e. The fourth-order valence-electron chi connectivity index (χ4n) is 2.23. The third-order valence-corrected chi connectivity index (χ3v) is 5.33. The number of esters is 1. The molecular weight excluding hydrogens is 311 g/mol. The summed E-state index contributed by atoms with van der Waals surface area (Å²) in [6.45, 7) is 13.8. The van der Waals surface area contributed by atoms with Crippen molar-refractivity contribution in [3.8, 4) is 0 Å². The van der Waals surface area contributed by atoms with Crippen LogP contribution in [0, 0.1) is 0 Å². The van der Waals surface area contributed by atoms with Crippen molar-refractivity contribution in [2.45, 2.75) is 78.1 Å². The fourth-order valence-corrected chi connectivity index (χ4v) is 3.20. The van der Waals surface area contributed by atoms with E-state index in [1.165, 1.54) is 0 Å². The van der Waals surface area contributed by atoms with Crippen LogP contribution in [0.3, 0.4) is 0 Å². The van der Waals surface area contributed by atoms with Gasteiger partial charge in [-0.15, -0.1) is 11.3 Å². The molecule has 6 heteroatoms. The first-order valence-corrected chi connectivity index (χ1v) is 8.87. The van der Waals surface area contributed by atoms with E-state index in [1.807, 2.05) is 60.6 Å². The minimum atomic E-state index is -0.430. The number of rotatable bonds is 4. The second-order valence-corrected chi connectivity index (χ2v) is 9.18. The average Bonchev–Trinajstić information content (AvgIpc) is 2.88. The number of carbonyl (C=O) groups is 1. The van der Waals surface area contributed by atoms with Gasteiger partial charge in [0.1, 0.15) is 5.60 Å². The summed E-state index contributed by atoms with van der Waals surface area (Å²) < 4.78 is 18.5. The van der Waals surface area contributed by atoms with Gasteiger partial charge >= 0.3 is 13.1 Å². The molecule has 1 saturated heterocycles. The van der Waals surface area contributed by atoms with Gasteiger partial charge in [0.25, 0.3) is 0 Å². The first-order valence-electron chi connectivity index (χ1n) is 8.06. The smallest absolute Gasteiger partial charge is 0.460 e. The highest BCUT2D eigenvalue weighted by Gasteiger charge is 2.52. The molecule has 0 amide bonds. The molecule has 0 spiro atoms. The first kappa shape index (κ1) is 18.5. The van der Waals surface area contributed by atoms with Gasteiger partial charge < -0.3 is 14.0 Å². The van der Waals surface area contributed by atoms with Gasteiger partial charge in [-0.3, -0.25) is 4.79 Å². The Morgan fingerprint density at radius 3 is 2.26 bits per heavy atom. The molecule has 0 radical (unpaired) electrons. The lowest BCUT2D eigenvalue weighted by molar-refractivity contribution is -0.154. The van der Waals surface area contributed by atoms with E-state index < -0.39 is 5.60 Å². The molecule has 1 aromatic rings. The summed E-state index contributed by atoms with van der Waals surface area (Å²) in [5, 5.41) is 0. The van der Waals surface area contributed by atoms with Crippen LogP contribution >= 0.6 is 11.3 Å². The standard InChI is InChI=1S/C17H27BO4S/c1-15(2,3)20-14(19)11-9-12-8-10-13(23-12)18-21-16(4,5)17(6,7)22-18/h8,10H,9,11H2,1-7H3. The summed E-state index contributed by atoms with van der Waals surface area (Å²) in [4.78, 5) is 12.9. The van der Waals surface area contributed by atoms with Crippen molar-refractivity contribution in [2.75, 3.05) is 0 Å². The summed E-state index contributed by atoms with van der Waals surface area (Å²) in [6, 6.07) is 4.06. The highest BCUT2D eigenvalue weighted by Crippen LogP contribution is 2.37. The zero-order chi connectivity index (χ0) is 17.5. The van der Waals surface area contributed by atoms with Gasteiger partial charge in [0.15, 0.2) is 0 Å². The van der Waals surface area contributed by atoms with Crippen LogP contribution in [-0.4, -0.2) is 29.9 Å². The molecular formula is C17H27BO4S. The Kier molecular flexibility index (Phi) is 5.01. The molecule has 128 valence electrons. The number of hydrogen-bond acceptors (Lipinski definition) is 5. The van der Waals surface area contributed by atoms with Crippen molar-refractivity contribution in [3.63, 3.8) is 0 Å². The van der Waals surface area contributed by atoms with Gasteiger partial charge in [0, 0.05) is 9.65 Å². The average molecular weight is 338 g/mol. The summed E-state index contributed by atoms with van der Waals surface area (Å²) in [5.41, 5.74) is -1.10. The molecule has 1 aliphatic heterocycles. The molecule has 0 atom stereocenters. The molecule has 0 saturated carbocycles. The van der Waals surface area contributed by atoms with E-state index in [2.05, 4.69) is 0 Å². The third-order valence-electron chi connectivity index (χ3n) is 4.16. The molecule has 0 N–H and O–H groups in total. The molecule has 0 aliphatic carbocycles. The summed E-state index contributed by atoms with van der Waals surface area (Å²) >= 11 is 1.63. The lowest BCUT2D eigenvalue weighted by Gasteiger charge is -2.32. The van der Waals surface area contributed by atoms with E-state index in [0.717, 1.165) is 9.65 Å². The molecule has 23 heavy (non-hydrogen) atoms. The van der Waals surface area contributed by atoms with Gasteiger partial charge in [-0.25, -0.2) is 0 Å². The Morgan fingerprint density at radius 2 is 1.74 bits per heavy atom. The molecule has 0 aromatic carbocycles. The molecule has 1 aliphatic rings. The van der Waals surface area contributed by atoms with Gasteiger partial charge in [-0.1, -0.05) is 6.07 Å². The van der Waals surface area contributed by atoms with E-state index in [9.17, 15) is 4.79 Å². The second kappa shape index (κ2) is 6.23. The number of carbonyl (C=O) groups excluding carboxylic acids is 1. The Hall–Kier alpha value is -0.845. The van der Waals surface area contributed by atoms with E-state index in [4.69, 9.17) is 14.0 Å². The highest BCUT2D eigenvalue weighted by molar-refractivity contribution is 7.22. The maximum Gasteiger partial charge on any atom is 0.505 e. The van der Waals surface area contributed by atoms with E-state index in [-0.39, 0.29) is 24.3 Å². The van der Waals surface area contributed by atoms with E-state index in [0.29, 0.717) is 12.8 Å². The maximum atomic E-state index is 11.8. The normalized spacial score (nSPS) is 19.9. The Morgan fingerprint density at radius 1 is 1.17 bits per heavy atom. The molecule has 4 nitrogen and oxygen atoms in total. The third kappa shape index (κ3) is 4.58. The number of ether oxygens (including phenoxy) is 1. The molecule has 0 bridgehead atoms. The Labute approximate surface area is 143 Å². The highest BCUT2D eigenvalue weighted by atomic mass is 32.1. The lowest BCUT2D eigenvalue weighted by Crippen LogP contribution is -2.41. The second-order valence-electron chi connectivity index (χ2n) is 7.98. The summed E-state index contributed by atoms with van der Waals surface area (Å²) in [6.07, 6.45) is 1.07. The molecule has 2 heterocycles. The summed E-state index contributed by atoms with van der Waals surface area (Å²) in [7, 11) is -0.333. The van der Waals surface area contributed by atoms with E-state index >= 15 is 0 Å². The van der Waals surface area contributed by atoms with Crippen molar-refractivity contribution in [2.24, 2.45) is 0 Å². The molecule has 2 rings (SSSR count). The van der Waals surface area contributed by atoms with Crippen LogP contribution in [0.1, 0.15) is 59.8 Å². The summed E-state index contributed by atoms with van der Waals surface area (Å²) in [5.74, 6) is -0.164. The van der Waals surface area contributed by atoms with Gasteiger partial charge in [0.2, 0.25) is 0 Å². The predicted molar refractivity (Wildman–Crippen MR) is 94.2 cm³/mol. The van der Waals surface area contributed by atoms with Crippen LogP contribution in [0.25, 0.3) is 0 Å². The van der Waals surface area contributed by atoms with Crippen molar-refractivity contribution in [1.29, 1.82) is 0 Å². The van der Waals surface area contributed by atoms with Gasteiger partial charge in [-0.2, -0.15) is 0 Å². The first-order chi connectivity index (χ1) is 10.4. The zero-order valence-electron chi connectivity index (χ0n) is 15.2. The lowest BCUT2D eigenvalue weighted by atomic mass is 9.88. The number of aryl methyl sites for hydroxylation is 1. The predicted octanol–water partition coefficient (Wildman–Crippen LogP) is 3.32. The van der Waals surface area contributed by atoms with Crippen LogP contribution in [0.5, 0.6) is 0 Å². The molecule has 1 aromatic heterocycles. The van der Waals surface area contributed by atoms with Crippen LogP contribution in [0.4, 0.5) is 0 Å². The quantitative estimate of drug-likeness (QED) is 0.624. The Bertz CT molecular complexity index is 555. The van der Waals surface area contributed by atoms with Crippen molar-refractivity contribution in [3.05, 3.63) is 17.0 Å². The fraction of sp³-hybridized carbons (Fsp3) is 0.706. The Balaban J connectivity index is 1.93. The largest absolute Gasteiger partial charge is 0.505 e. The van der Waals surface area contributed by atoms with Crippen LogP contribution in [0.2, 0.25) is 0 Å².